The molecule has 1 aromatic carbocycles. The molecule has 1 aromatic heterocycles. The topological polar surface area (TPSA) is 59.0 Å². The van der Waals surface area contributed by atoms with Gasteiger partial charge in [-0.3, -0.25) is 0 Å². The molecule has 2 aromatic rings. The molecular formula is C20H30N4O. The quantitative estimate of drug-likeness (QED) is 0.761. The van der Waals surface area contributed by atoms with E-state index in [0.717, 1.165) is 24.2 Å². The third-order valence-corrected chi connectivity index (χ3v) is 4.32. The standard InChI is InChI=1S/C20H30N4O/c1-15(2)9-8-10-16(3)22-20(25)23-18(17-11-6-5-7-12-17)19-21-13-14-24(19)4/h5-7,11-16,18H,8-10H2,1-4H3,(H2,22,23,25)/t16-,18+/m1/s1. The number of carbonyl (C=O) groups excluding carboxylic acids is 1. The first kappa shape index (κ1) is 19.0. The normalized spacial score (nSPS) is 13.5. The Balaban J connectivity index is 2.00. The van der Waals surface area contributed by atoms with E-state index >= 15 is 0 Å². The van der Waals surface area contributed by atoms with Crippen LogP contribution in [-0.4, -0.2) is 21.6 Å². The maximum Gasteiger partial charge on any atom is 0.315 e. The highest BCUT2D eigenvalue weighted by Crippen LogP contribution is 2.20. The van der Waals surface area contributed by atoms with Crippen molar-refractivity contribution in [2.75, 3.05) is 0 Å². The lowest BCUT2D eigenvalue weighted by molar-refractivity contribution is 0.234. The van der Waals surface area contributed by atoms with Crippen molar-refractivity contribution in [2.24, 2.45) is 13.0 Å². The zero-order valence-electron chi connectivity index (χ0n) is 15.7. The Labute approximate surface area is 150 Å². The first-order valence-corrected chi connectivity index (χ1v) is 9.06. The van der Waals surface area contributed by atoms with E-state index in [0.29, 0.717) is 5.92 Å². The fraction of sp³-hybridized carbons (Fsp3) is 0.500. The van der Waals surface area contributed by atoms with Crippen LogP contribution in [0.1, 0.15) is 57.5 Å². The Hall–Kier alpha value is -2.30. The van der Waals surface area contributed by atoms with E-state index < -0.39 is 0 Å². The number of nitrogens with zero attached hydrogens (tertiary/aromatic N) is 2. The van der Waals surface area contributed by atoms with E-state index in [1.54, 1.807) is 6.20 Å². The van der Waals surface area contributed by atoms with Gasteiger partial charge in [0.1, 0.15) is 11.9 Å². The number of nitrogens with one attached hydrogen (secondary N) is 2. The van der Waals surface area contributed by atoms with Crippen LogP contribution in [-0.2, 0) is 7.05 Å². The van der Waals surface area contributed by atoms with Crippen molar-refractivity contribution in [3.63, 3.8) is 0 Å². The second-order valence-electron chi connectivity index (χ2n) is 7.08. The first-order chi connectivity index (χ1) is 12.0. The molecule has 0 aliphatic rings. The van der Waals surface area contributed by atoms with Gasteiger partial charge in [-0.05, 0) is 24.8 Å². The Morgan fingerprint density at radius 2 is 1.84 bits per heavy atom. The van der Waals surface area contributed by atoms with Crippen LogP contribution in [0.5, 0.6) is 0 Å². The van der Waals surface area contributed by atoms with E-state index in [1.165, 1.54) is 6.42 Å². The summed E-state index contributed by atoms with van der Waals surface area (Å²) in [5.41, 5.74) is 1.01. The average Bonchev–Trinajstić information content (AvgIpc) is 2.99. The van der Waals surface area contributed by atoms with Crippen molar-refractivity contribution in [3.8, 4) is 0 Å². The average molecular weight is 342 g/mol. The SMILES string of the molecule is CC(C)CCC[C@@H](C)NC(=O)N[C@@H](c1ccccc1)c1nccn1C. The third-order valence-electron chi connectivity index (χ3n) is 4.32. The van der Waals surface area contributed by atoms with Crippen LogP contribution in [0.25, 0.3) is 0 Å². The van der Waals surface area contributed by atoms with E-state index in [4.69, 9.17) is 0 Å². The second-order valence-corrected chi connectivity index (χ2v) is 7.08. The molecule has 1 heterocycles. The molecule has 2 rings (SSSR count). The molecule has 136 valence electrons. The summed E-state index contributed by atoms with van der Waals surface area (Å²) in [5.74, 6) is 1.51. The summed E-state index contributed by atoms with van der Waals surface area (Å²) >= 11 is 0. The summed E-state index contributed by atoms with van der Waals surface area (Å²) in [6, 6.07) is 9.64. The number of hydrogen-bond acceptors (Lipinski definition) is 2. The van der Waals surface area contributed by atoms with Crippen LogP contribution in [0.4, 0.5) is 4.79 Å². The Kier molecular flexibility index (Phi) is 7.04. The molecule has 0 fully saturated rings. The van der Waals surface area contributed by atoms with Crippen molar-refractivity contribution in [1.29, 1.82) is 0 Å². The molecule has 0 spiro atoms. The summed E-state index contributed by atoms with van der Waals surface area (Å²) in [7, 11) is 1.94. The van der Waals surface area contributed by atoms with Crippen molar-refractivity contribution in [3.05, 3.63) is 54.1 Å². The van der Waals surface area contributed by atoms with Crippen LogP contribution >= 0.6 is 0 Å². The molecule has 0 saturated carbocycles. The van der Waals surface area contributed by atoms with E-state index in [9.17, 15) is 4.79 Å². The third kappa shape index (κ3) is 5.93. The molecule has 2 amide bonds. The Morgan fingerprint density at radius 3 is 2.44 bits per heavy atom. The molecule has 2 N–H and O–H groups in total. The Bertz CT molecular complexity index is 651. The lowest BCUT2D eigenvalue weighted by Crippen LogP contribution is -2.43. The van der Waals surface area contributed by atoms with Crippen molar-refractivity contribution < 1.29 is 4.79 Å². The van der Waals surface area contributed by atoms with Gasteiger partial charge in [0.2, 0.25) is 0 Å². The molecular weight excluding hydrogens is 312 g/mol. The van der Waals surface area contributed by atoms with Gasteiger partial charge in [0.15, 0.2) is 0 Å². The molecule has 0 radical (unpaired) electrons. The van der Waals surface area contributed by atoms with Gasteiger partial charge in [0.25, 0.3) is 0 Å². The number of urea groups is 1. The van der Waals surface area contributed by atoms with Gasteiger partial charge in [0.05, 0.1) is 0 Å². The summed E-state index contributed by atoms with van der Waals surface area (Å²) in [5, 5.41) is 6.12. The predicted molar refractivity (Wildman–Crippen MR) is 101 cm³/mol. The summed E-state index contributed by atoms with van der Waals surface area (Å²) in [4.78, 5) is 16.9. The molecule has 25 heavy (non-hydrogen) atoms. The molecule has 2 atom stereocenters. The van der Waals surface area contributed by atoms with Crippen molar-refractivity contribution >= 4 is 6.03 Å². The minimum atomic E-state index is -0.274. The fourth-order valence-electron chi connectivity index (χ4n) is 2.90. The molecule has 0 unspecified atom stereocenters. The van der Waals surface area contributed by atoms with Gasteiger partial charge in [-0.15, -0.1) is 0 Å². The second kappa shape index (κ2) is 9.25. The zero-order valence-corrected chi connectivity index (χ0v) is 15.7. The summed E-state index contributed by atoms with van der Waals surface area (Å²) < 4.78 is 1.93. The predicted octanol–water partition coefficient (Wildman–Crippen LogP) is 4.02. The monoisotopic (exact) mass is 342 g/mol. The fourth-order valence-corrected chi connectivity index (χ4v) is 2.90. The molecule has 5 nitrogen and oxygen atoms in total. The highest BCUT2D eigenvalue weighted by molar-refractivity contribution is 5.75. The van der Waals surface area contributed by atoms with Gasteiger partial charge in [-0.1, -0.05) is 57.0 Å². The number of imidazole rings is 1. The van der Waals surface area contributed by atoms with E-state index in [2.05, 4.69) is 36.4 Å². The lowest BCUT2D eigenvalue weighted by Gasteiger charge is -2.21. The maximum absolute atomic E-state index is 12.5. The smallest absolute Gasteiger partial charge is 0.315 e. The number of aryl methyl sites for hydroxylation is 1. The van der Waals surface area contributed by atoms with Crippen LogP contribution in [0.2, 0.25) is 0 Å². The van der Waals surface area contributed by atoms with Crippen molar-refractivity contribution in [1.82, 2.24) is 20.2 Å². The summed E-state index contributed by atoms with van der Waals surface area (Å²) in [6.45, 7) is 6.50. The summed E-state index contributed by atoms with van der Waals surface area (Å²) in [6.07, 6.45) is 6.94. The maximum atomic E-state index is 12.5. The number of hydrogen-bond donors (Lipinski definition) is 2. The van der Waals surface area contributed by atoms with E-state index in [-0.39, 0.29) is 18.1 Å². The van der Waals surface area contributed by atoms with Crippen LogP contribution in [0.3, 0.4) is 0 Å². The molecule has 0 aliphatic carbocycles. The molecule has 5 heteroatoms. The zero-order chi connectivity index (χ0) is 18.2. The number of carbonyl (C=O) groups is 1. The van der Waals surface area contributed by atoms with Crippen LogP contribution in [0.15, 0.2) is 42.7 Å². The Morgan fingerprint density at radius 1 is 1.12 bits per heavy atom. The number of rotatable bonds is 8. The molecule has 0 aliphatic heterocycles. The van der Waals surface area contributed by atoms with Gasteiger partial charge in [-0.25, -0.2) is 9.78 Å². The molecule has 0 saturated heterocycles. The van der Waals surface area contributed by atoms with E-state index in [1.807, 2.05) is 48.1 Å². The number of amides is 2. The van der Waals surface area contributed by atoms with Crippen molar-refractivity contribution in [2.45, 2.75) is 52.1 Å². The van der Waals surface area contributed by atoms with Gasteiger partial charge in [0, 0.05) is 25.5 Å². The van der Waals surface area contributed by atoms with Gasteiger partial charge in [-0.2, -0.15) is 0 Å². The van der Waals surface area contributed by atoms with Gasteiger partial charge < -0.3 is 15.2 Å². The van der Waals surface area contributed by atoms with Crippen LogP contribution < -0.4 is 10.6 Å². The number of aromatic nitrogens is 2. The minimum Gasteiger partial charge on any atom is -0.336 e. The van der Waals surface area contributed by atoms with Crippen LogP contribution in [0, 0.1) is 5.92 Å². The lowest BCUT2D eigenvalue weighted by atomic mass is 10.0. The van der Waals surface area contributed by atoms with Gasteiger partial charge >= 0.3 is 6.03 Å². The highest BCUT2D eigenvalue weighted by atomic mass is 16.2. The number of benzene rings is 1. The minimum absolute atomic E-state index is 0.150. The molecule has 0 bridgehead atoms. The first-order valence-electron chi connectivity index (χ1n) is 9.06. The highest BCUT2D eigenvalue weighted by Gasteiger charge is 2.21. The largest absolute Gasteiger partial charge is 0.336 e.